The van der Waals surface area contributed by atoms with Gasteiger partial charge in [0.15, 0.2) is 0 Å². The Morgan fingerprint density at radius 1 is 1.30 bits per heavy atom. The van der Waals surface area contributed by atoms with Gasteiger partial charge in [0.05, 0.1) is 5.75 Å². The van der Waals surface area contributed by atoms with E-state index in [0.717, 1.165) is 11.3 Å². The molecule has 0 saturated heterocycles. The maximum absolute atomic E-state index is 11.8. The first kappa shape index (κ1) is 14.6. The minimum atomic E-state index is -0.0943. The van der Waals surface area contributed by atoms with E-state index in [1.54, 1.807) is 0 Å². The van der Waals surface area contributed by atoms with Crippen LogP contribution in [0.1, 0.15) is 31.2 Å². The van der Waals surface area contributed by atoms with Crippen molar-refractivity contribution in [2.75, 3.05) is 11.1 Å². The number of benzene rings is 1. The number of aromatic nitrogens is 2. The van der Waals surface area contributed by atoms with Crippen molar-refractivity contribution in [3.63, 3.8) is 0 Å². The second-order valence-electron chi connectivity index (χ2n) is 4.76. The monoisotopic (exact) mass is 291 g/mol. The van der Waals surface area contributed by atoms with Crippen LogP contribution in [0.2, 0.25) is 0 Å². The van der Waals surface area contributed by atoms with Crippen molar-refractivity contribution < 1.29 is 9.21 Å². The van der Waals surface area contributed by atoms with Crippen molar-refractivity contribution in [1.82, 2.24) is 10.2 Å². The average Bonchev–Trinajstić information content (AvgIpc) is 2.88. The molecule has 1 aromatic carbocycles. The molecule has 0 saturated carbocycles. The van der Waals surface area contributed by atoms with E-state index in [4.69, 9.17) is 4.42 Å². The summed E-state index contributed by atoms with van der Waals surface area (Å²) in [4.78, 5) is 11.8. The van der Waals surface area contributed by atoms with Crippen LogP contribution in [0.15, 0.2) is 33.9 Å². The number of amides is 1. The predicted octanol–water partition coefficient (Wildman–Crippen LogP) is 3.23. The molecule has 0 atom stereocenters. The lowest BCUT2D eigenvalue weighted by molar-refractivity contribution is -0.113. The fourth-order valence-electron chi connectivity index (χ4n) is 1.47. The van der Waals surface area contributed by atoms with Crippen LogP contribution in [-0.4, -0.2) is 21.9 Å². The first-order valence-corrected chi connectivity index (χ1v) is 7.36. The summed E-state index contributed by atoms with van der Waals surface area (Å²) in [6, 6.07) is 7.66. The third kappa shape index (κ3) is 4.09. The van der Waals surface area contributed by atoms with Gasteiger partial charge < -0.3 is 9.73 Å². The maximum atomic E-state index is 11.8. The molecule has 1 amide bonds. The lowest BCUT2D eigenvalue weighted by Gasteiger charge is -2.04. The molecule has 1 N–H and O–H groups in total. The van der Waals surface area contributed by atoms with E-state index in [0.29, 0.717) is 11.1 Å². The number of carbonyl (C=O) groups excluding carboxylic acids is 1. The summed E-state index contributed by atoms with van der Waals surface area (Å²) >= 11 is 1.24. The van der Waals surface area contributed by atoms with Crippen molar-refractivity contribution in [2.24, 2.45) is 0 Å². The highest BCUT2D eigenvalue weighted by atomic mass is 32.2. The highest BCUT2D eigenvalue weighted by molar-refractivity contribution is 7.99. The van der Waals surface area contributed by atoms with Crippen LogP contribution >= 0.6 is 11.8 Å². The average molecular weight is 291 g/mol. The molecule has 2 aromatic rings. The van der Waals surface area contributed by atoms with E-state index in [-0.39, 0.29) is 17.6 Å². The normalized spacial score (nSPS) is 10.8. The van der Waals surface area contributed by atoms with Crippen molar-refractivity contribution >= 4 is 23.4 Å². The SMILES string of the molecule is Cc1ccc(NC(=O)CSc2nnc(C(C)C)o2)cc1. The number of carbonyl (C=O) groups is 1. The van der Waals surface area contributed by atoms with E-state index in [1.165, 1.54) is 11.8 Å². The molecule has 0 spiro atoms. The summed E-state index contributed by atoms with van der Waals surface area (Å²) in [5.74, 6) is 0.931. The summed E-state index contributed by atoms with van der Waals surface area (Å²) in [6.45, 7) is 5.96. The van der Waals surface area contributed by atoms with Gasteiger partial charge in [-0.25, -0.2) is 0 Å². The van der Waals surface area contributed by atoms with Crippen molar-refractivity contribution in [3.05, 3.63) is 35.7 Å². The molecule has 0 aliphatic carbocycles. The van der Waals surface area contributed by atoms with E-state index in [9.17, 15) is 4.79 Å². The van der Waals surface area contributed by atoms with Crippen LogP contribution in [0.5, 0.6) is 0 Å². The van der Waals surface area contributed by atoms with Crippen molar-refractivity contribution in [3.8, 4) is 0 Å². The number of aryl methyl sites for hydroxylation is 1. The van der Waals surface area contributed by atoms with Crippen LogP contribution in [0.4, 0.5) is 5.69 Å². The van der Waals surface area contributed by atoms with Crippen LogP contribution in [-0.2, 0) is 4.79 Å². The smallest absolute Gasteiger partial charge is 0.277 e. The van der Waals surface area contributed by atoms with Crippen molar-refractivity contribution in [1.29, 1.82) is 0 Å². The molecule has 1 aromatic heterocycles. The van der Waals surface area contributed by atoms with Gasteiger partial charge in [-0.2, -0.15) is 0 Å². The Balaban J connectivity index is 1.84. The molecular formula is C14H17N3O2S. The van der Waals surface area contributed by atoms with Gasteiger partial charge in [0.25, 0.3) is 5.22 Å². The minimum Gasteiger partial charge on any atom is -0.416 e. The van der Waals surface area contributed by atoms with Gasteiger partial charge in [0.2, 0.25) is 11.8 Å². The number of thioether (sulfide) groups is 1. The van der Waals surface area contributed by atoms with Crippen LogP contribution in [0.25, 0.3) is 0 Å². The molecule has 0 bridgehead atoms. The first-order valence-electron chi connectivity index (χ1n) is 6.37. The zero-order chi connectivity index (χ0) is 14.5. The highest BCUT2D eigenvalue weighted by Gasteiger charge is 2.11. The number of rotatable bonds is 5. The molecule has 2 rings (SSSR count). The van der Waals surface area contributed by atoms with E-state index < -0.39 is 0 Å². The molecule has 5 nitrogen and oxygen atoms in total. The Bertz CT molecular complexity index is 578. The van der Waals surface area contributed by atoms with Crippen molar-refractivity contribution in [2.45, 2.75) is 31.9 Å². The number of nitrogens with zero attached hydrogens (tertiary/aromatic N) is 2. The Morgan fingerprint density at radius 3 is 2.60 bits per heavy atom. The van der Waals surface area contributed by atoms with Gasteiger partial charge >= 0.3 is 0 Å². The second-order valence-corrected chi connectivity index (χ2v) is 5.69. The van der Waals surface area contributed by atoms with Gasteiger partial charge in [-0.1, -0.05) is 43.3 Å². The van der Waals surface area contributed by atoms with E-state index >= 15 is 0 Å². The Morgan fingerprint density at radius 2 is 2.00 bits per heavy atom. The zero-order valence-electron chi connectivity index (χ0n) is 11.7. The molecule has 0 aliphatic heterocycles. The van der Waals surface area contributed by atoms with Gasteiger partial charge in [-0.05, 0) is 19.1 Å². The number of hydrogen-bond donors (Lipinski definition) is 1. The maximum Gasteiger partial charge on any atom is 0.277 e. The Hall–Kier alpha value is -1.82. The predicted molar refractivity (Wildman–Crippen MR) is 78.9 cm³/mol. The van der Waals surface area contributed by atoms with Crippen LogP contribution in [0, 0.1) is 6.92 Å². The largest absolute Gasteiger partial charge is 0.416 e. The van der Waals surface area contributed by atoms with E-state index in [2.05, 4.69) is 15.5 Å². The van der Waals surface area contributed by atoms with Crippen LogP contribution < -0.4 is 5.32 Å². The molecule has 1 heterocycles. The molecule has 0 unspecified atom stereocenters. The number of nitrogens with one attached hydrogen (secondary N) is 1. The topological polar surface area (TPSA) is 68.0 Å². The zero-order valence-corrected chi connectivity index (χ0v) is 12.5. The summed E-state index contributed by atoms with van der Waals surface area (Å²) in [5, 5.41) is 11.1. The lowest BCUT2D eigenvalue weighted by Crippen LogP contribution is -2.13. The standard InChI is InChI=1S/C14H17N3O2S/c1-9(2)13-16-17-14(19-13)20-8-12(18)15-11-6-4-10(3)5-7-11/h4-7,9H,8H2,1-3H3,(H,15,18). The molecule has 20 heavy (non-hydrogen) atoms. The third-order valence-electron chi connectivity index (χ3n) is 2.58. The minimum absolute atomic E-state index is 0.0943. The summed E-state index contributed by atoms with van der Waals surface area (Å²) in [5.41, 5.74) is 1.94. The highest BCUT2D eigenvalue weighted by Crippen LogP contribution is 2.20. The number of hydrogen-bond acceptors (Lipinski definition) is 5. The van der Waals surface area contributed by atoms with Gasteiger partial charge in [-0.3, -0.25) is 4.79 Å². The molecule has 0 radical (unpaired) electrons. The van der Waals surface area contributed by atoms with E-state index in [1.807, 2.05) is 45.0 Å². The summed E-state index contributed by atoms with van der Waals surface area (Å²) < 4.78 is 5.42. The second kappa shape index (κ2) is 6.56. The van der Waals surface area contributed by atoms with Gasteiger partial charge in [0.1, 0.15) is 0 Å². The molecule has 0 fully saturated rings. The molecule has 0 aliphatic rings. The summed E-state index contributed by atoms with van der Waals surface area (Å²) in [6.07, 6.45) is 0. The third-order valence-corrected chi connectivity index (χ3v) is 3.40. The van der Waals surface area contributed by atoms with Gasteiger partial charge in [0, 0.05) is 11.6 Å². The molecule has 6 heteroatoms. The Kier molecular flexibility index (Phi) is 4.79. The van der Waals surface area contributed by atoms with Gasteiger partial charge in [-0.15, -0.1) is 10.2 Å². The van der Waals surface area contributed by atoms with Crippen LogP contribution in [0.3, 0.4) is 0 Å². The quantitative estimate of drug-likeness (QED) is 0.857. The fraction of sp³-hybridized carbons (Fsp3) is 0.357. The fourth-order valence-corrected chi connectivity index (χ4v) is 2.04. The molecule has 106 valence electrons. The molecular weight excluding hydrogens is 274 g/mol. The lowest BCUT2D eigenvalue weighted by atomic mass is 10.2. The first-order chi connectivity index (χ1) is 9.54. The number of anilines is 1. The Labute approximate surface area is 122 Å². The summed E-state index contributed by atoms with van der Waals surface area (Å²) in [7, 11) is 0.